The van der Waals surface area contributed by atoms with E-state index in [0.717, 1.165) is 5.69 Å². The van der Waals surface area contributed by atoms with Gasteiger partial charge >= 0.3 is 5.97 Å². The smallest absolute Gasteiger partial charge is 0.311 e. The highest BCUT2D eigenvalue weighted by molar-refractivity contribution is 5.72. The lowest BCUT2D eigenvalue weighted by atomic mass is 10.3. The molecule has 1 N–H and O–H groups in total. The summed E-state index contributed by atoms with van der Waals surface area (Å²) in [5.74, 6) is 0.171. The van der Waals surface area contributed by atoms with E-state index in [2.05, 4.69) is 15.4 Å². The Hall–Kier alpha value is -2.88. The molecule has 0 unspecified atom stereocenters. The second kappa shape index (κ2) is 7.05. The number of nitrogens with zero attached hydrogens (tertiary/aromatic N) is 4. The lowest BCUT2D eigenvalue weighted by Crippen LogP contribution is -2.17. The maximum atomic E-state index is 11.6. The topological polar surface area (TPSA) is 92.8 Å². The number of nitriles is 1. The van der Waals surface area contributed by atoms with Crippen LogP contribution in [-0.4, -0.2) is 33.9 Å². The number of ether oxygens (including phenoxy) is 1. The first-order valence-corrected chi connectivity index (χ1v) is 6.42. The molecule has 2 heterocycles. The van der Waals surface area contributed by atoms with Gasteiger partial charge in [-0.2, -0.15) is 10.4 Å². The van der Waals surface area contributed by atoms with E-state index < -0.39 is 0 Å². The molecule has 0 aliphatic heterocycles. The molecule has 2 aromatic heterocycles. The summed E-state index contributed by atoms with van der Waals surface area (Å²) in [6.45, 7) is 0.598. The van der Waals surface area contributed by atoms with Gasteiger partial charge in [0.15, 0.2) is 0 Å². The quantitative estimate of drug-likeness (QED) is 0.625. The lowest BCUT2D eigenvalue weighted by molar-refractivity contribution is -0.142. The number of hydrogen-bond donors (Lipinski definition) is 1. The van der Waals surface area contributed by atoms with Crippen LogP contribution in [0.25, 0.3) is 0 Å². The van der Waals surface area contributed by atoms with Crippen LogP contribution in [-0.2, 0) is 23.0 Å². The van der Waals surface area contributed by atoms with E-state index >= 15 is 0 Å². The molecule has 2 aromatic rings. The van der Waals surface area contributed by atoms with Gasteiger partial charge in [0.1, 0.15) is 18.5 Å². The maximum Gasteiger partial charge on any atom is 0.311 e. The Balaban J connectivity index is 1.74. The first-order chi connectivity index (χ1) is 10.2. The molecular formula is C14H15N5O2. The molecule has 0 atom stereocenters. The summed E-state index contributed by atoms with van der Waals surface area (Å²) in [7, 11) is 1.77. The van der Waals surface area contributed by atoms with Gasteiger partial charge in [-0.05, 0) is 18.2 Å². The SMILES string of the molecule is Cn1nccc1CC(=O)OCCNc1ncccc1C#N. The van der Waals surface area contributed by atoms with Gasteiger partial charge in [0.05, 0.1) is 18.5 Å². The third-order valence-corrected chi connectivity index (χ3v) is 2.83. The fourth-order valence-electron chi connectivity index (χ4n) is 1.74. The molecule has 0 bridgehead atoms. The van der Waals surface area contributed by atoms with Crippen LogP contribution < -0.4 is 5.32 Å². The number of carbonyl (C=O) groups is 1. The van der Waals surface area contributed by atoms with Gasteiger partial charge < -0.3 is 10.1 Å². The van der Waals surface area contributed by atoms with E-state index in [0.29, 0.717) is 17.9 Å². The summed E-state index contributed by atoms with van der Waals surface area (Å²) in [6, 6.07) is 7.17. The zero-order valence-electron chi connectivity index (χ0n) is 11.6. The minimum Gasteiger partial charge on any atom is -0.464 e. The van der Waals surface area contributed by atoms with E-state index in [1.165, 1.54) is 0 Å². The first kappa shape index (κ1) is 14.5. The number of rotatable bonds is 6. The number of carbonyl (C=O) groups excluding carboxylic acids is 1. The zero-order chi connectivity index (χ0) is 15.1. The summed E-state index contributed by atoms with van der Waals surface area (Å²) < 4.78 is 6.74. The largest absolute Gasteiger partial charge is 0.464 e. The van der Waals surface area contributed by atoms with Crippen molar-refractivity contribution < 1.29 is 9.53 Å². The summed E-state index contributed by atoms with van der Waals surface area (Å²) in [4.78, 5) is 15.7. The Morgan fingerprint density at radius 1 is 1.48 bits per heavy atom. The lowest BCUT2D eigenvalue weighted by Gasteiger charge is -2.08. The van der Waals surface area contributed by atoms with Crippen LogP contribution in [0.3, 0.4) is 0 Å². The summed E-state index contributed by atoms with van der Waals surface area (Å²) in [6.07, 6.45) is 3.41. The van der Waals surface area contributed by atoms with E-state index in [9.17, 15) is 4.79 Å². The molecule has 7 nitrogen and oxygen atoms in total. The van der Waals surface area contributed by atoms with Gasteiger partial charge in [0.2, 0.25) is 0 Å². The molecule has 0 aliphatic carbocycles. The molecule has 0 spiro atoms. The van der Waals surface area contributed by atoms with Gasteiger partial charge in [0.25, 0.3) is 0 Å². The Morgan fingerprint density at radius 3 is 3.05 bits per heavy atom. The normalized spacial score (nSPS) is 9.90. The van der Waals surface area contributed by atoms with Gasteiger partial charge in [-0.1, -0.05) is 0 Å². The zero-order valence-corrected chi connectivity index (χ0v) is 11.6. The van der Waals surface area contributed by atoms with Crippen molar-refractivity contribution in [3.8, 4) is 6.07 Å². The fourth-order valence-corrected chi connectivity index (χ4v) is 1.74. The van der Waals surface area contributed by atoms with Gasteiger partial charge in [-0.25, -0.2) is 4.98 Å². The van der Waals surface area contributed by atoms with Crippen LogP contribution in [0.15, 0.2) is 30.6 Å². The van der Waals surface area contributed by atoms with Crippen LogP contribution in [0.2, 0.25) is 0 Å². The molecule has 0 saturated heterocycles. The Kier molecular flexibility index (Phi) is 4.88. The van der Waals surface area contributed by atoms with Crippen molar-refractivity contribution >= 4 is 11.8 Å². The summed E-state index contributed by atoms with van der Waals surface area (Å²) >= 11 is 0. The van der Waals surface area contributed by atoms with E-state index in [4.69, 9.17) is 10.00 Å². The monoisotopic (exact) mass is 285 g/mol. The first-order valence-electron chi connectivity index (χ1n) is 6.42. The van der Waals surface area contributed by atoms with Gasteiger partial charge in [0, 0.05) is 25.1 Å². The minimum absolute atomic E-state index is 0.184. The number of esters is 1. The molecule has 2 rings (SSSR count). The Morgan fingerprint density at radius 2 is 2.33 bits per heavy atom. The van der Waals surface area contributed by atoms with Crippen molar-refractivity contribution in [2.24, 2.45) is 7.05 Å². The van der Waals surface area contributed by atoms with Crippen molar-refractivity contribution in [3.05, 3.63) is 41.9 Å². The van der Waals surface area contributed by atoms with Crippen LogP contribution in [0, 0.1) is 11.3 Å². The summed E-state index contributed by atoms with van der Waals surface area (Å²) in [5.41, 5.74) is 1.25. The Labute approximate surface area is 122 Å². The molecular weight excluding hydrogens is 270 g/mol. The van der Waals surface area contributed by atoms with Crippen LogP contribution in [0.5, 0.6) is 0 Å². The van der Waals surface area contributed by atoms with Crippen LogP contribution in [0.1, 0.15) is 11.3 Å². The van der Waals surface area contributed by atoms with Gasteiger partial charge in [-0.3, -0.25) is 9.48 Å². The highest BCUT2D eigenvalue weighted by Crippen LogP contribution is 2.08. The predicted octanol–water partition coefficient (Wildman–Crippen LogP) is 0.885. The van der Waals surface area contributed by atoms with Crippen molar-refractivity contribution in [1.29, 1.82) is 5.26 Å². The minimum atomic E-state index is -0.318. The predicted molar refractivity (Wildman–Crippen MR) is 75.3 cm³/mol. The van der Waals surface area contributed by atoms with Crippen LogP contribution >= 0.6 is 0 Å². The van der Waals surface area contributed by atoms with Crippen molar-refractivity contribution in [3.63, 3.8) is 0 Å². The second-order valence-electron chi connectivity index (χ2n) is 4.28. The van der Waals surface area contributed by atoms with E-state index in [1.807, 2.05) is 6.07 Å². The number of anilines is 1. The molecule has 7 heteroatoms. The number of aryl methyl sites for hydroxylation is 1. The Bertz CT molecular complexity index is 659. The standard InChI is InChI=1S/C14H15N5O2/c1-19-12(4-6-18-19)9-13(20)21-8-7-17-14-11(10-15)3-2-5-16-14/h2-6H,7-9H2,1H3,(H,16,17). The number of aromatic nitrogens is 3. The average molecular weight is 285 g/mol. The molecule has 21 heavy (non-hydrogen) atoms. The molecule has 108 valence electrons. The van der Waals surface area contributed by atoms with Gasteiger partial charge in [-0.15, -0.1) is 0 Å². The highest BCUT2D eigenvalue weighted by atomic mass is 16.5. The molecule has 0 fully saturated rings. The van der Waals surface area contributed by atoms with Crippen molar-refractivity contribution in [2.45, 2.75) is 6.42 Å². The fraction of sp³-hybridized carbons (Fsp3) is 0.286. The van der Waals surface area contributed by atoms with E-state index in [-0.39, 0.29) is 19.0 Å². The molecule has 0 saturated carbocycles. The molecule has 0 aromatic carbocycles. The maximum absolute atomic E-state index is 11.6. The number of nitrogens with one attached hydrogen (secondary N) is 1. The van der Waals surface area contributed by atoms with Crippen molar-refractivity contribution in [2.75, 3.05) is 18.5 Å². The number of pyridine rings is 1. The third-order valence-electron chi connectivity index (χ3n) is 2.83. The molecule has 0 radical (unpaired) electrons. The van der Waals surface area contributed by atoms with Crippen molar-refractivity contribution in [1.82, 2.24) is 14.8 Å². The highest BCUT2D eigenvalue weighted by Gasteiger charge is 2.08. The van der Waals surface area contributed by atoms with Crippen LogP contribution in [0.4, 0.5) is 5.82 Å². The molecule has 0 aliphatic rings. The van der Waals surface area contributed by atoms with E-state index in [1.54, 1.807) is 42.3 Å². The molecule has 0 amide bonds. The number of hydrogen-bond acceptors (Lipinski definition) is 6. The third kappa shape index (κ3) is 4.04. The summed E-state index contributed by atoms with van der Waals surface area (Å²) in [5, 5.41) is 15.9. The average Bonchev–Trinajstić information content (AvgIpc) is 2.89. The second-order valence-corrected chi connectivity index (χ2v) is 4.28.